The van der Waals surface area contributed by atoms with Crippen molar-refractivity contribution in [2.24, 2.45) is 4.99 Å². The van der Waals surface area contributed by atoms with Gasteiger partial charge in [0, 0.05) is 73.1 Å². The van der Waals surface area contributed by atoms with E-state index in [4.69, 9.17) is 0 Å². The van der Waals surface area contributed by atoms with Crippen molar-refractivity contribution in [2.75, 3.05) is 38.5 Å². The molecule has 9 heteroatoms. The molecule has 5 rings (SSSR count). The Balaban J connectivity index is 1.30. The molecule has 0 unspecified atom stereocenters. The summed E-state index contributed by atoms with van der Waals surface area (Å²) in [6, 6.07) is 12.6. The highest BCUT2D eigenvalue weighted by atomic mass is 19.4. The molecule has 3 heterocycles. The third-order valence-electron chi connectivity index (χ3n) is 6.61. The Kier molecular flexibility index (Phi) is 7.27. The fraction of sp³-hybridized carbons (Fsp3) is 0.276. The van der Waals surface area contributed by atoms with Crippen molar-refractivity contribution in [3.63, 3.8) is 0 Å². The SMILES string of the molecule is CN1CCN(Cc2ccc(NC(=O)c3cccc(C#Cc4cnc5c(c4)C=NC5)c3)cc2C(F)(F)F)CC1. The van der Waals surface area contributed by atoms with Gasteiger partial charge in [0.25, 0.3) is 5.91 Å². The second-order valence-electron chi connectivity index (χ2n) is 9.46. The predicted molar refractivity (Wildman–Crippen MR) is 140 cm³/mol. The zero-order valence-corrected chi connectivity index (χ0v) is 20.8. The van der Waals surface area contributed by atoms with E-state index in [-0.39, 0.29) is 17.8 Å². The third kappa shape index (κ3) is 6.10. The van der Waals surface area contributed by atoms with Crippen LogP contribution in [0.25, 0.3) is 0 Å². The number of amides is 1. The molecule has 0 spiro atoms. The van der Waals surface area contributed by atoms with Crippen molar-refractivity contribution in [2.45, 2.75) is 19.3 Å². The first-order chi connectivity index (χ1) is 18.2. The van der Waals surface area contributed by atoms with Crippen LogP contribution in [0.1, 0.15) is 43.9 Å². The van der Waals surface area contributed by atoms with Crippen LogP contribution in [0, 0.1) is 11.8 Å². The van der Waals surface area contributed by atoms with Gasteiger partial charge in [0.1, 0.15) is 0 Å². The Labute approximate surface area is 219 Å². The number of nitrogens with zero attached hydrogens (tertiary/aromatic N) is 4. The predicted octanol–water partition coefficient (Wildman–Crippen LogP) is 4.43. The number of halogens is 3. The number of benzene rings is 2. The second kappa shape index (κ2) is 10.8. The number of likely N-dealkylation sites (N-methyl/N-ethyl adjacent to an activating group) is 1. The maximum absolute atomic E-state index is 13.9. The zero-order chi connectivity index (χ0) is 26.7. The van der Waals surface area contributed by atoms with Gasteiger partial charge in [-0.05, 0) is 49.0 Å². The molecule has 1 saturated heterocycles. The average Bonchev–Trinajstić information content (AvgIpc) is 3.37. The van der Waals surface area contributed by atoms with Gasteiger partial charge in [-0.3, -0.25) is 19.7 Å². The Bertz CT molecular complexity index is 1450. The number of nitrogens with one attached hydrogen (secondary N) is 1. The topological polar surface area (TPSA) is 60.8 Å². The molecular formula is C29H26F3N5O. The van der Waals surface area contributed by atoms with Gasteiger partial charge < -0.3 is 10.2 Å². The van der Waals surface area contributed by atoms with Crippen molar-refractivity contribution in [1.29, 1.82) is 0 Å². The highest BCUT2D eigenvalue weighted by Gasteiger charge is 2.34. The van der Waals surface area contributed by atoms with Crippen molar-refractivity contribution < 1.29 is 18.0 Å². The van der Waals surface area contributed by atoms with Crippen LogP contribution in [0.3, 0.4) is 0 Å². The largest absolute Gasteiger partial charge is 0.416 e. The first-order valence-corrected chi connectivity index (χ1v) is 12.3. The van der Waals surface area contributed by atoms with E-state index in [0.717, 1.165) is 36.0 Å². The van der Waals surface area contributed by atoms with Crippen LogP contribution < -0.4 is 5.32 Å². The molecule has 0 aliphatic carbocycles. The average molecular weight is 518 g/mol. The Morgan fingerprint density at radius 3 is 2.61 bits per heavy atom. The Morgan fingerprint density at radius 1 is 1.03 bits per heavy atom. The summed E-state index contributed by atoms with van der Waals surface area (Å²) in [5.41, 5.74) is 3.03. The van der Waals surface area contributed by atoms with Crippen LogP contribution in [0.2, 0.25) is 0 Å². The number of carbonyl (C=O) groups excluding carboxylic acids is 1. The molecular weight excluding hydrogens is 491 g/mol. The summed E-state index contributed by atoms with van der Waals surface area (Å²) in [4.78, 5) is 25.6. The number of alkyl halides is 3. The molecule has 0 saturated carbocycles. The van der Waals surface area contributed by atoms with Crippen LogP contribution in [-0.2, 0) is 19.3 Å². The van der Waals surface area contributed by atoms with Gasteiger partial charge in [0.2, 0.25) is 0 Å². The molecule has 3 aromatic rings. The van der Waals surface area contributed by atoms with Crippen LogP contribution >= 0.6 is 0 Å². The van der Waals surface area contributed by atoms with Crippen molar-refractivity contribution in [1.82, 2.24) is 14.8 Å². The van der Waals surface area contributed by atoms with Gasteiger partial charge in [-0.2, -0.15) is 13.2 Å². The number of hydrogen-bond donors (Lipinski definition) is 1. The summed E-state index contributed by atoms with van der Waals surface area (Å²) in [6.45, 7) is 3.84. The van der Waals surface area contributed by atoms with Crippen molar-refractivity contribution in [3.05, 3.63) is 93.8 Å². The lowest BCUT2D eigenvalue weighted by Crippen LogP contribution is -2.44. The maximum atomic E-state index is 13.9. The highest BCUT2D eigenvalue weighted by molar-refractivity contribution is 6.04. The van der Waals surface area contributed by atoms with Crippen molar-refractivity contribution >= 4 is 17.8 Å². The third-order valence-corrected chi connectivity index (χ3v) is 6.61. The zero-order valence-electron chi connectivity index (χ0n) is 20.8. The molecule has 1 fully saturated rings. The number of hydrogen-bond acceptors (Lipinski definition) is 5. The molecule has 1 amide bonds. The summed E-state index contributed by atoms with van der Waals surface area (Å²) in [6.07, 6.45) is -1.08. The molecule has 2 aliphatic rings. The maximum Gasteiger partial charge on any atom is 0.416 e. The van der Waals surface area contributed by atoms with E-state index in [1.165, 1.54) is 12.1 Å². The van der Waals surface area contributed by atoms with E-state index in [9.17, 15) is 18.0 Å². The van der Waals surface area contributed by atoms with Crippen LogP contribution in [0.15, 0.2) is 59.7 Å². The normalized spacial score (nSPS) is 15.6. The number of fused-ring (bicyclic) bond motifs is 1. The molecule has 0 atom stereocenters. The molecule has 0 bridgehead atoms. The Hall–Kier alpha value is -4.00. The van der Waals surface area contributed by atoms with E-state index >= 15 is 0 Å². The number of aromatic nitrogens is 1. The minimum absolute atomic E-state index is 0.0896. The summed E-state index contributed by atoms with van der Waals surface area (Å²) >= 11 is 0. The van der Waals surface area contributed by atoms with Crippen LogP contribution in [-0.4, -0.2) is 60.1 Å². The monoisotopic (exact) mass is 517 g/mol. The first kappa shape index (κ1) is 25.6. The standard InChI is InChI=1S/C29H26F3N5O/c1-36-9-11-37(12-10-36)19-23-7-8-25(15-26(23)29(30,31)32)35-28(38)22-4-2-3-20(13-22)5-6-21-14-24-17-33-18-27(24)34-16-21/h2-4,7-8,13-17H,9-12,18-19H2,1H3,(H,35,38). The van der Waals surface area contributed by atoms with E-state index in [0.29, 0.717) is 30.8 Å². The van der Waals surface area contributed by atoms with Gasteiger partial charge >= 0.3 is 6.18 Å². The molecule has 2 aromatic carbocycles. The fourth-order valence-corrected chi connectivity index (χ4v) is 4.44. The summed E-state index contributed by atoms with van der Waals surface area (Å²) in [5, 5.41) is 2.60. The smallest absolute Gasteiger partial charge is 0.322 e. The first-order valence-electron chi connectivity index (χ1n) is 12.3. The minimum atomic E-state index is -4.53. The number of piperazine rings is 1. The van der Waals surface area contributed by atoms with Gasteiger partial charge in [0.05, 0.1) is 17.8 Å². The van der Waals surface area contributed by atoms with Gasteiger partial charge in [-0.25, -0.2) is 0 Å². The van der Waals surface area contributed by atoms with Gasteiger partial charge in [-0.1, -0.05) is 24.0 Å². The van der Waals surface area contributed by atoms with E-state index in [2.05, 4.69) is 32.0 Å². The lowest BCUT2D eigenvalue weighted by atomic mass is 10.0. The number of rotatable bonds is 4. The Morgan fingerprint density at radius 2 is 1.82 bits per heavy atom. The van der Waals surface area contributed by atoms with Crippen molar-refractivity contribution in [3.8, 4) is 11.8 Å². The number of carbonyl (C=O) groups is 1. The lowest BCUT2D eigenvalue weighted by Gasteiger charge is -2.33. The molecule has 194 valence electrons. The molecule has 1 N–H and O–H groups in total. The van der Waals surface area contributed by atoms with E-state index in [1.807, 2.05) is 18.0 Å². The minimum Gasteiger partial charge on any atom is -0.322 e. The number of aliphatic imine (C=N–C) groups is 1. The quantitative estimate of drug-likeness (QED) is 0.521. The number of anilines is 1. The van der Waals surface area contributed by atoms with Gasteiger partial charge in [-0.15, -0.1) is 0 Å². The molecule has 1 aromatic heterocycles. The van der Waals surface area contributed by atoms with Crippen LogP contribution in [0.5, 0.6) is 0 Å². The lowest BCUT2D eigenvalue weighted by molar-refractivity contribution is -0.138. The second-order valence-corrected chi connectivity index (χ2v) is 9.46. The summed E-state index contributed by atoms with van der Waals surface area (Å²) in [5.74, 6) is 5.54. The molecule has 38 heavy (non-hydrogen) atoms. The summed E-state index contributed by atoms with van der Waals surface area (Å²) < 4.78 is 41.7. The summed E-state index contributed by atoms with van der Waals surface area (Å²) in [7, 11) is 2.00. The van der Waals surface area contributed by atoms with Gasteiger partial charge in [0.15, 0.2) is 0 Å². The van der Waals surface area contributed by atoms with Crippen LogP contribution in [0.4, 0.5) is 18.9 Å². The molecule has 6 nitrogen and oxygen atoms in total. The molecule has 2 aliphatic heterocycles. The highest BCUT2D eigenvalue weighted by Crippen LogP contribution is 2.34. The number of pyridine rings is 1. The van der Waals surface area contributed by atoms with E-state index in [1.54, 1.807) is 36.7 Å². The molecule has 0 radical (unpaired) electrons. The fourth-order valence-electron chi connectivity index (χ4n) is 4.44. The van der Waals surface area contributed by atoms with E-state index < -0.39 is 17.6 Å².